The van der Waals surface area contributed by atoms with Gasteiger partial charge in [0.25, 0.3) is 0 Å². The predicted octanol–water partition coefficient (Wildman–Crippen LogP) is 1.11. The lowest BCUT2D eigenvalue weighted by atomic mass is 9.90. The molecule has 0 aromatic carbocycles. The van der Waals surface area contributed by atoms with E-state index in [2.05, 4.69) is 18.3 Å². The normalized spacial score (nSPS) is 41.9. The maximum atomic E-state index is 11.5. The zero-order valence-corrected chi connectivity index (χ0v) is 8.49. The molecule has 1 aliphatic carbocycles. The Morgan fingerprint density at radius 1 is 1.29 bits per heavy atom. The number of carbonyl (C=O) groups excluding carboxylic acids is 2. The van der Waals surface area contributed by atoms with Gasteiger partial charge in [0, 0.05) is 0 Å². The van der Waals surface area contributed by atoms with Crippen LogP contribution in [0.3, 0.4) is 0 Å². The molecule has 0 spiro atoms. The Bertz CT molecular complexity index is 308. The van der Waals surface area contributed by atoms with E-state index < -0.39 is 0 Å². The summed E-state index contributed by atoms with van der Waals surface area (Å²) >= 11 is 0. The third-order valence-electron chi connectivity index (χ3n) is 3.40. The molecule has 1 N–H and O–H groups in total. The Balaban J connectivity index is 2.28. The highest BCUT2D eigenvalue weighted by atomic mass is 16.2. The average molecular weight is 193 g/mol. The fourth-order valence-corrected chi connectivity index (χ4v) is 2.86. The van der Waals surface area contributed by atoms with Crippen molar-refractivity contribution in [3.05, 3.63) is 12.2 Å². The van der Waals surface area contributed by atoms with Gasteiger partial charge >= 0.3 is 0 Å². The molecule has 14 heavy (non-hydrogen) atoms. The van der Waals surface area contributed by atoms with Gasteiger partial charge in [-0.05, 0) is 25.2 Å². The summed E-state index contributed by atoms with van der Waals surface area (Å²) in [7, 11) is 0. The highest BCUT2D eigenvalue weighted by molar-refractivity contribution is 6.05. The Morgan fingerprint density at radius 2 is 1.93 bits per heavy atom. The molecule has 4 unspecified atom stereocenters. The van der Waals surface area contributed by atoms with Gasteiger partial charge in [-0.1, -0.05) is 19.1 Å². The molecule has 0 bridgehead atoms. The van der Waals surface area contributed by atoms with Gasteiger partial charge in [-0.3, -0.25) is 14.9 Å². The molecule has 1 saturated heterocycles. The zero-order valence-electron chi connectivity index (χ0n) is 8.49. The average Bonchev–Trinajstić information content (AvgIpc) is 2.56. The van der Waals surface area contributed by atoms with Crippen molar-refractivity contribution in [2.45, 2.75) is 20.3 Å². The van der Waals surface area contributed by atoms with Crippen LogP contribution in [0.5, 0.6) is 0 Å². The lowest BCUT2D eigenvalue weighted by Gasteiger charge is -2.09. The van der Waals surface area contributed by atoms with Crippen molar-refractivity contribution in [2.24, 2.45) is 23.7 Å². The van der Waals surface area contributed by atoms with Crippen LogP contribution < -0.4 is 5.32 Å². The zero-order chi connectivity index (χ0) is 10.3. The highest BCUT2D eigenvalue weighted by Gasteiger charge is 2.52. The van der Waals surface area contributed by atoms with E-state index in [0.717, 1.165) is 6.42 Å². The van der Waals surface area contributed by atoms with E-state index in [-0.39, 0.29) is 29.6 Å². The van der Waals surface area contributed by atoms with Crippen molar-refractivity contribution in [3.63, 3.8) is 0 Å². The van der Waals surface area contributed by atoms with Crippen LogP contribution in [0.25, 0.3) is 0 Å². The number of fused-ring (bicyclic) bond motifs is 1. The lowest BCUT2D eigenvalue weighted by molar-refractivity contribution is -0.126. The number of nitrogens with one attached hydrogen (secondary N) is 1. The van der Waals surface area contributed by atoms with Crippen molar-refractivity contribution in [1.82, 2.24) is 5.32 Å². The molecule has 0 aromatic rings. The van der Waals surface area contributed by atoms with Gasteiger partial charge in [0.15, 0.2) is 0 Å². The molecule has 1 saturated carbocycles. The molecular weight excluding hydrogens is 178 g/mol. The summed E-state index contributed by atoms with van der Waals surface area (Å²) in [6.07, 6.45) is 4.98. The van der Waals surface area contributed by atoms with Crippen LogP contribution in [0, 0.1) is 23.7 Å². The smallest absolute Gasteiger partial charge is 0.231 e. The second-order valence-corrected chi connectivity index (χ2v) is 4.31. The van der Waals surface area contributed by atoms with Crippen LogP contribution in [-0.4, -0.2) is 11.8 Å². The predicted molar refractivity (Wildman–Crippen MR) is 52.2 cm³/mol. The van der Waals surface area contributed by atoms with Gasteiger partial charge in [0.1, 0.15) is 0 Å². The first kappa shape index (κ1) is 9.44. The second kappa shape index (κ2) is 3.23. The van der Waals surface area contributed by atoms with Crippen LogP contribution >= 0.6 is 0 Å². The summed E-state index contributed by atoms with van der Waals surface area (Å²) in [5.74, 6) is 0.253. The molecule has 3 heteroatoms. The number of carbonyl (C=O) groups is 2. The molecule has 2 aliphatic rings. The van der Waals surface area contributed by atoms with Crippen LogP contribution in [0.15, 0.2) is 12.2 Å². The Labute approximate surface area is 83.6 Å². The molecule has 0 aromatic heterocycles. The fraction of sp³-hybridized carbons (Fsp3) is 0.636. The standard InChI is InChI=1S/C11H15NO2/c1-3-4-7-5-6(2)8-9(7)11(14)12-10(8)13/h3-4,6-9H,5H2,1-2H3,(H,12,13,14)/b4-3-. The SMILES string of the molecule is C/C=C\C1CC(C)C2C(=O)NC(=O)C12. The third-order valence-corrected chi connectivity index (χ3v) is 3.40. The van der Waals surface area contributed by atoms with Crippen molar-refractivity contribution < 1.29 is 9.59 Å². The second-order valence-electron chi connectivity index (χ2n) is 4.31. The summed E-state index contributed by atoms with van der Waals surface area (Å²) in [6, 6.07) is 0. The molecule has 2 amide bonds. The Morgan fingerprint density at radius 3 is 2.57 bits per heavy atom. The fourth-order valence-electron chi connectivity index (χ4n) is 2.86. The lowest BCUT2D eigenvalue weighted by Crippen LogP contribution is -2.26. The van der Waals surface area contributed by atoms with Gasteiger partial charge in [0.2, 0.25) is 11.8 Å². The van der Waals surface area contributed by atoms with E-state index in [4.69, 9.17) is 0 Å². The van der Waals surface area contributed by atoms with E-state index in [0.29, 0.717) is 5.92 Å². The summed E-state index contributed by atoms with van der Waals surface area (Å²) < 4.78 is 0. The number of hydrogen-bond acceptors (Lipinski definition) is 2. The third kappa shape index (κ3) is 1.19. The molecule has 4 atom stereocenters. The summed E-state index contributed by atoms with van der Waals surface area (Å²) in [5.41, 5.74) is 0. The van der Waals surface area contributed by atoms with Crippen LogP contribution in [0.1, 0.15) is 20.3 Å². The van der Waals surface area contributed by atoms with E-state index >= 15 is 0 Å². The molecule has 2 rings (SSSR count). The first-order valence-corrected chi connectivity index (χ1v) is 5.12. The minimum Gasteiger partial charge on any atom is -0.296 e. The van der Waals surface area contributed by atoms with Gasteiger partial charge in [-0.25, -0.2) is 0 Å². The van der Waals surface area contributed by atoms with Gasteiger partial charge < -0.3 is 0 Å². The first-order valence-electron chi connectivity index (χ1n) is 5.12. The molecule has 76 valence electrons. The van der Waals surface area contributed by atoms with Crippen molar-refractivity contribution in [2.75, 3.05) is 0 Å². The van der Waals surface area contributed by atoms with Crippen molar-refractivity contribution >= 4 is 11.8 Å². The summed E-state index contributed by atoms with van der Waals surface area (Å²) in [5, 5.41) is 2.43. The molecule has 2 fully saturated rings. The minimum atomic E-state index is -0.103. The molecule has 0 radical (unpaired) electrons. The topological polar surface area (TPSA) is 46.2 Å². The largest absolute Gasteiger partial charge is 0.296 e. The molecule has 1 heterocycles. The maximum absolute atomic E-state index is 11.5. The summed E-state index contributed by atoms with van der Waals surface area (Å²) in [6.45, 7) is 4.01. The molecular formula is C11H15NO2. The van der Waals surface area contributed by atoms with E-state index in [9.17, 15) is 9.59 Å². The minimum absolute atomic E-state index is 0.0699. The number of allylic oxidation sites excluding steroid dienone is 2. The number of hydrogen-bond donors (Lipinski definition) is 1. The number of rotatable bonds is 1. The monoisotopic (exact) mass is 193 g/mol. The maximum Gasteiger partial charge on any atom is 0.231 e. The van der Waals surface area contributed by atoms with Gasteiger partial charge in [-0.2, -0.15) is 0 Å². The number of imide groups is 1. The Hall–Kier alpha value is -1.12. The van der Waals surface area contributed by atoms with Crippen molar-refractivity contribution in [1.29, 1.82) is 0 Å². The van der Waals surface area contributed by atoms with Gasteiger partial charge in [-0.15, -0.1) is 0 Å². The van der Waals surface area contributed by atoms with Crippen LogP contribution in [0.2, 0.25) is 0 Å². The van der Waals surface area contributed by atoms with Crippen molar-refractivity contribution in [3.8, 4) is 0 Å². The Kier molecular flexibility index (Phi) is 2.17. The van der Waals surface area contributed by atoms with Crippen LogP contribution in [0.4, 0.5) is 0 Å². The first-order chi connectivity index (χ1) is 6.65. The molecule has 3 nitrogen and oxygen atoms in total. The van der Waals surface area contributed by atoms with Gasteiger partial charge in [0.05, 0.1) is 11.8 Å². The highest BCUT2D eigenvalue weighted by Crippen LogP contribution is 2.45. The summed E-state index contributed by atoms with van der Waals surface area (Å²) in [4.78, 5) is 23.0. The quantitative estimate of drug-likeness (QED) is 0.501. The van der Waals surface area contributed by atoms with E-state index in [1.54, 1.807) is 0 Å². The van der Waals surface area contributed by atoms with Crippen LogP contribution in [-0.2, 0) is 9.59 Å². The van der Waals surface area contributed by atoms with E-state index in [1.807, 2.05) is 13.0 Å². The number of amides is 2. The van der Waals surface area contributed by atoms with E-state index in [1.165, 1.54) is 0 Å². The molecule has 1 aliphatic heterocycles.